The van der Waals surface area contributed by atoms with E-state index in [1.54, 1.807) is 23.1 Å². The van der Waals surface area contributed by atoms with Gasteiger partial charge in [-0.1, -0.05) is 32.5 Å². The van der Waals surface area contributed by atoms with Crippen LogP contribution in [0.1, 0.15) is 44.6 Å². The molecule has 0 spiro atoms. The number of nitrogens with one attached hydrogen (secondary N) is 1. The highest BCUT2D eigenvalue weighted by Crippen LogP contribution is 2.42. The molecular weight excluding hydrogens is 364 g/mol. The summed E-state index contributed by atoms with van der Waals surface area (Å²) in [6.07, 6.45) is 3.98. The molecule has 1 unspecified atom stereocenters. The van der Waals surface area contributed by atoms with E-state index in [0.29, 0.717) is 6.61 Å². The maximum Gasteiger partial charge on any atom is 0.190 e. The second-order valence-electron chi connectivity index (χ2n) is 6.97. The van der Waals surface area contributed by atoms with Gasteiger partial charge in [-0.3, -0.25) is 0 Å². The third-order valence-corrected chi connectivity index (χ3v) is 7.01. The van der Waals surface area contributed by atoms with Crippen LogP contribution in [0.4, 0.5) is 5.82 Å². The average Bonchev–Trinajstić information content (AvgIpc) is 3.02. The van der Waals surface area contributed by atoms with E-state index in [4.69, 9.17) is 14.7 Å². The topological polar surface area (TPSA) is 50.3 Å². The molecule has 0 fully saturated rings. The number of aromatic nitrogens is 2. The number of ether oxygens (including phenoxy) is 1. The molecule has 2 aromatic heterocycles. The molecule has 1 aliphatic rings. The highest BCUT2D eigenvalue weighted by molar-refractivity contribution is 7.98. The Morgan fingerprint density at radius 3 is 2.69 bits per heavy atom. The predicted octanol–water partition coefficient (Wildman–Crippen LogP) is 4.41. The van der Waals surface area contributed by atoms with E-state index < -0.39 is 0 Å². The van der Waals surface area contributed by atoms with Crippen LogP contribution < -0.4 is 5.32 Å². The van der Waals surface area contributed by atoms with Gasteiger partial charge < -0.3 is 15.0 Å². The van der Waals surface area contributed by atoms with Crippen molar-refractivity contribution in [3.8, 4) is 0 Å². The highest BCUT2D eigenvalue weighted by Gasteiger charge is 2.33. The monoisotopic (exact) mass is 394 g/mol. The lowest BCUT2D eigenvalue weighted by molar-refractivity contribution is -0.0542. The van der Waals surface area contributed by atoms with Crippen LogP contribution in [0.15, 0.2) is 5.16 Å². The minimum Gasteiger partial charge on any atom is -0.369 e. The maximum absolute atomic E-state index is 6.14. The molecule has 0 aromatic carbocycles. The summed E-state index contributed by atoms with van der Waals surface area (Å²) in [7, 11) is 0. The van der Waals surface area contributed by atoms with Crippen LogP contribution in [0.25, 0.3) is 10.2 Å². The first-order valence-electron chi connectivity index (χ1n) is 9.50. The van der Waals surface area contributed by atoms with Crippen LogP contribution in [0.5, 0.6) is 0 Å². The van der Waals surface area contributed by atoms with Crippen molar-refractivity contribution >= 4 is 39.1 Å². The second kappa shape index (κ2) is 8.42. The van der Waals surface area contributed by atoms with E-state index in [-0.39, 0.29) is 5.60 Å². The van der Waals surface area contributed by atoms with Crippen LogP contribution >= 0.6 is 23.1 Å². The minimum atomic E-state index is -0.0856. The van der Waals surface area contributed by atoms with Crippen molar-refractivity contribution in [2.45, 2.75) is 57.9 Å². The number of rotatable bonds is 8. The molecule has 3 heterocycles. The standard InChI is InChI=1S/C19H30N4OS2/c1-6-19(4)11-13-14(12-24-19)26-17-15(13)16(21-18(22-17)25-5)20-9-10-23(7-2)8-3/h6-12H2,1-5H3,(H,20,21,22). The summed E-state index contributed by atoms with van der Waals surface area (Å²) in [5.74, 6) is 0.990. The molecule has 1 aliphatic heterocycles. The van der Waals surface area contributed by atoms with Crippen molar-refractivity contribution in [2.24, 2.45) is 0 Å². The molecule has 0 saturated heterocycles. The Hall–Kier alpha value is -0.890. The van der Waals surface area contributed by atoms with Gasteiger partial charge in [0, 0.05) is 24.4 Å². The van der Waals surface area contributed by atoms with Gasteiger partial charge in [0.05, 0.1) is 17.6 Å². The Bertz CT molecular complexity index is 760. The molecule has 1 N–H and O–H groups in total. The van der Waals surface area contributed by atoms with Crippen molar-refractivity contribution in [3.63, 3.8) is 0 Å². The minimum absolute atomic E-state index is 0.0856. The van der Waals surface area contributed by atoms with Crippen LogP contribution in [0, 0.1) is 0 Å². The summed E-state index contributed by atoms with van der Waals surface area (Å²) in [4.78, 5) is 14.4. The van der Waals surface area contributed by atoms with Gasteiger partial charge in [0.25, 0.3) is 0 Å². The van der Waals surface area contributed by atoms with Crippen molar-refractivity contribution in [1.82, 2.24) is 14.9 Å². The number of likely N-dealkylation sites (N-methyl/N-ethyl adjacent to an activating group) is 1. The lowest BCUT2D eigenvalue weighted by Crippen LogP contribution is -2.34. The molecule has 5 nitrogen and oxygen atoms in total. The zero-order valence-corrected chi connectivity index (χ0v) is 18.1. The Balaban J connectivity index is 1.94. The van der Waals surface area contributed by atoms with E-state index >= 15 is 0 Å². The number of hydrogen-bond acceptors (Lipinski definition) is 7. The Morgan fingerprint density at radius 2 is 2.04 bits per heavy atom. The zero-order chi connectivity index (χ0) is 18.7. The Kier molecular flexibility index (Phi) is 6.43. The predicted molar refractivity (Wildman–Crippen MR) is 113 cm³/mol. The fourth-order valence-corrected chi connectivity index (χ4v) is 4.90. The molecule has 1 atom stereocenters. The van der Waals surface area contributed by atoms with Gasteiger partial charge in [0.15, 0.2) is 5.16 Å². The third-order valence-electron chi connectivity index (χ3n) is 5.36. The molecule has 3 rings (SSSR count). The summed E-state index contributed by atoms with van der Waals surface area (Å²) in [6, 6.07) is 0. The molecule has 2 aromatic rings. The van der Waals surface area contributed by atoms with E-state index in [1.165, 1.54) is 15.8 Å². The van der Waals surface area contributed by atoms with Crippen LogP contribution in [0.2, 0.25) is 0 Å². The second-order valence-corrected chi connectivity index (χ2v) is 8.82. The average molecular weight is 395 g/mol. The summed E-state index contributed by atoms with van der Waals surface area (Å²) in [6.45, 7) is 13.6. The van der Waals surface area contributed by atoms with Gasteiger partial charge in [0.2, 0.25) is 0 Å². The number of thioether (sulfide) groups is 1. The Morgan fingerprint density at radius 1 is 1.27 bits per heavy atom. The first kappa shape index (κ1) is 19.9. The molecule has 26 heavy (non-hydrogen) atoms. The zero-order valence-electron chi connectivity index (χ0n) is 16.5. The van der Waals surface area contributed by atoms with Gasteiger partial charge in [-0.25, -0.2) is 9.97 Å². The normalized spacial score (nSPS) is 19.9. The molecule has 0 bridgehead atoms. The molecule has 144 valence electrons. The van der Waals surface area contributed by atoms with Crippen LogP contribution in [0.3, 0.4) is 0 Å². The number of thiophene rings is 1. The lowest BCUT2D eigenvalue weighted by Gasteiger charge is -2.33. The van der Waals surface area contributed by atoms with E-state index in [1.807, 2.05) is 6.26 Å². The maximum atomic E-state index is 6.14. The summed E-state index contributed by atoms with van der Waals surface area (Å²) in [5, 5.41) is 5.65. The first-order chi connectivity index (χ1) is 12.5. The van der Waals surface area contributed by atoms with Crippen molar-refractivity contribution in [2.75, 3.05) is 37.8 Å². The molecule has 0 radical (unpaired) electrons. The highest BCUT2D eigenvalue weighted by atomic mass is 32.2. The number of fused-ring (bicyclic) bond motifs is 3. The fourth-order valence-electron chi connectivity index (χ4n) is 3.37. The van der Waals surface area contributed by atoms with E-state index in [0.717, 1.165) is 54.8 Å². The van der Waals surface area contributed by atoms with Crippen molar-refractivity contribution in [3.05, 3.63) is 10.4 Å². The lowest BCUT2D eigenvalue weighted by atomic mass is 9.90. The molecule has 7 heteroatoms. The van der Waals surface area contributed by atoms with Gasteiger partial charge in [-0.05, 0) is 38.3 Å². The third kappa shape index (κ3) is 4.01. The van der Waals surface area contributed by atoms with Gasteiger partial charge in [-0.15, -0.1) is 11.3 Å². The van der Waals surface area contributed by atoms with E-state index in [9.17, 15) is 0 Å². The summed E-state index contributed by atoms with van der Waals surface area (Å²) < 4.78 is 6.14. The van der Waals surface area contributed by atoms with Crippen LogP contribution in [-0.2, 0) is 17.8 Å². The van der Waals surface area contributed by atoms with E-state index in [2.05, 4.69) is 37.9 Å². The van der Waals surface area contributed by atoms with Gasteiger partial charge in [0.1, 0.15) is 10.6 Å². The Labute approximate surface area is 164 Å². The summed E-state index contributed by atoms with van der Waals surface area (Å²) >= 11 is 3.36. The van der Waals surface area contributed by atoms with Crippen molar-refractivity contribution in [1.29, 1.82) is 0 Å². The van der Waals surface area contributed by atoms with Gasteiger partial charge in [-0.2, -0.15) is 0 Å². The molecule has 0 amide bonds. The molecular formula is C19H30N4OS2. The molecule has 0 aliphatic carbocycles. The number of anilines is 1. The van der Waals surface area contributed by atoms with Crippen LogP contribution in [-0.4, -0.2) is 52.9 Å². The smallest absolute Gasteiger partial charge is 0.190 e. The molecule has 0 saturated carbocycles. The first-order valence-corrected chi connectivity index (χ1v) is 11.5. The number of nitrogens with zero attached hydrogens (tertiary/aromatic N) is 3. The number of hydrogen-bond donors (Lipinski definition) is 1. The fraction of sp³-hybridized carbons (Fsp3) is 0.684. The largest absolute Gasteiger partial charge is 0.369 e. The SMILES string of the molecule is CCN(CC)CCNc1nc(SC)nc2sc3c(c12)CC(C)(CC)OC3. The quantitative estimate of drug-likeness (QED) is 0.529. The summed E-state index contributed by atoms with van der Waals surface area (Å²) in [5.41, 5.74) is 1.30. The van der Waals surface area contributed by atoms with Gasteiger partial charge >= 0.3 is 0 Å². The van der Waals surface area contributed by atoms with Crippen molar-refractivity contribution < 1.29 is 4.74 Å².